The van der Waals surface area contributed by atoms with Gasteiger partial charge in [0.25, 0.3) is 5.91 Å². The molecular weight excluding hydrogens is 324 g/mol. The quantitative estimate of drug-likeness (QED) is 0.832. The van der Waals surface area contributed by atoms with Crippen LogP contribution in [0.5, 0.6) is 11.5 Å². The maximum absolute atomic E-state index is 12.6. The maximum Gasteiger partial charge on any atom is 0.264 e. The molecule has 0 aromatic heterocycles. The fraction of sp³-hybridized carbons (Fsp3) is 0.222. The third-order valence-electron chi connectivity index (χ3n) is 3.52. The molecule has 0 aliphatic heterocycles. The summed E-state index contributed by atoms with van der Waals surface area (Å²) in [5.41, 5.74) is 3.29. The van der Waals surface area contributed by atoms with E-state index in [-0.39, 0.29) is 5.11 Å². The van der Waals surface area contributed by atoms with Crippen molar-refractivity contribution in [1.82, 2.24) is 5.32 Å². The van der Waals surface area contributed by atoms with Gasteiger partial charge in [0, 0.05) is 5.69 Å². The van der Waals surface area contributed by atoms with Crippen LogP contribution in [-0.4, -0.2) is 25.2 Å². The van der Waals surface area contributed by atoms with Gasteiger partial charge in [0.2, 0.25) is 0 Å². The highest BCUT2D eigenvalue weighted by molar-refractivity contribution is 7.80. The molecule has 2 aromatic rings. The predicted molar refractivity (Wildman–Crippen MR) is 99.1 cm³/mol. The Morgan fingerprint density at radius 3 is 2.25 bits per heavy atom. The SMILES string of the molecule is COc1cccc(OC)c1C(=O)NC(=S)Nc1cc(C)ccc1C. The Labute approximate surface area is 147 Å². The number of methoxy groups -OCH3 is 2. The second-order valence-electron chi connectivity index (χ2n) is 5.26. The lowest BCUT2D eigenvalue weighted by atomic mass is 10.1. The lowest BCUT2D eigenvalue weighted by Crippen LogP contribution is -2.34. The van der Waals surface area contributed by atoms with E-state index < -0.39 is 5.91 Å². The molecule has 1 amide bonds. The molecular formula is C18H20N2O3S. The highest BCUT2D eigenvalue weighted by Crippen LogP contribution is 2.28. The molecule has 2 rings (SSSR count). The second kappa shape index (κ2) is 7.79. The highest BCUT2D eigenvalue weighted by Gasteiger charge is 2.19. The van der Waals surface area contributed by atoms with Gasteiger partial charge in [0.05, 0.1) is 14.2 Å². The third kappa shape index (κ3) is 4.02. The molecule has 0 saturated carbocycles. The Hall–Kier alpha value is -2.60. The number of benzene rings is 2. The molecule has 0 fully saturated rings. The number of carbonyl (C=O) groups excluding carboxylic acids is 1. The van der Waals surface area contributed by atoms with Crippen molar-refractivity contribution in [2.45, 2.75) is 13.8 Å². The lowest BCUT2D eigenvalue weighted by Gasteiger charge is -2.15. The summed E-state index contributed by atoms with van der Waals surface area (Å²) in [7, 11) is 3.00. The first-order valence-electron chi connectivity index (χ1n) is 7.37. The molecule has 2 aromatic carbocycles. The minimum absolute atomic E-state index is 0.210. The normalized spacial score (nSPS) is 10.0. The number of hydrogen-bond acceptors (Lipinski definition) is 4. The highest BCUT2D eigenvalue weighted by atomic mass is 32.1. The van der Waals surface area contributed by atoms with Gasteiger partial charge < -0.3 is 14.8 Å². The van der Waals surface area contributed by atoms with E-state index in [0.717, 1.165) is 16.8 Å². The summed E-state index contributed by atoms with van der Waals surface area (Å²) >= 11 is 5.25. The molecule has 5 nitrogen and oxygen atoms in total. The number of thiocarbonyl (C=S) groups is 1. The Morgan fingerprint density at radius 1 is 1.04 bits per heavy atom. The molecule has 0 aliphatic carbocycles. The molecule has 0 heterocycles. The Bertz CT molecular complexity index is 753. The molecule has 0 unspecified atom stereocenters. The molecule has 0 aliphatic rings. The van der Waals surface area contributed by atoms with Gasteiger partial charge in [0.1, 0.15) is 17.1 Å². The van der Waals surface area contributed by atoms with E-state index in [0.29, 0.717) is 17.1 Å². The first-order valence-corrected chi connectivity index (χ1v) is 7.77. The second-order valence-corrected chi connectivity index (χ2v) is 5.67. The van der Waals surface area contributed by atoms with Gasteiger partial charge in [-0.1, -0.05) is 18.2 Å². The molecule has 0 spiro atoms. The van der Waals surface area contributed by atoms with Crippen LogP contribution in [0.2, 0.25) is 0 Å². The number of rotatable bonds is 4. The van der Waals surface area contributed by atoms with Crippen LogP contribution in [0.25, 0.3) is 0 Å². The predicted octanol–water partition coefficient (Wildman–Crippen LogP) is 3.45. The number of ether oxygens (including phenoxy) is 2. The third-order valence-corrected chi connectivity index (χ3v) is 3.73. The maximum atomic E-state index is 12.6. The smallest absolute Gasteiger partial charge is 0.264 e. The van der Waals surface area contributed by atoms with E-state index in [1.807, 2.05) is 32.0 Å². The summed E-state index contributed by atoms with van der Waals surface area (Å²) in [5.74, 6) is 0.440. The Morgan fingerprint density at radius 2 is 1.67 bits per heavy atom. The Kier molecular flexibility index (Phi) is 5.76. The van der Waals surface area contributed by atoms with Gasteiger partial charge in [-0.3, -0.25) is 10.1 Å². The number of carbonyl (C=O) groups is 1. The average molecular weight is 344 g/mol. The van der Waals surface area contributed by atoms with Crippen molar-refractivity contribution in [2.24, 2.45) is 0 Å². The van der Waals surface area contributed by atoms with Crippen molar-refractivity contribution in [3.05, 3.63) is 53.1 Å². The molecule has 0 bridgehead atoms. The van der Waals surface area contributed by atoms with Crippen LogP contribution >= 0.6 is 12.2 Å². The number of hydrogen-bond donors (Lipinski definition) is 2. The van der Waals surface area contributed by atoms with Crippen LogP contribution in [0.1, 0.15) is 21.5 Å². The van der Waals surface area contributed by atoms with Crippen LogP contribution in [0.15, 0.2) is 36.4 Å². The lowest BCUT2D eigenvalue weighted by molar-refractivity contribution is 0.0971. The first-order chi connectivity index (χ1) is 11.5. The van der Waals surface area contributed by atoms with E-state index in [2.05, 4.69) is 10.6 Å². The molecule has 24 heavy (non-hydrogen) atoms. The Balaban J connectivity index is 2.18. The van der Waals surface area contributed by atoms with Crippen molar-refractivity contribution in [1.29, 1.82) is 0 Å². The van der Waals surface area contributed by atoms with Crippen molar-refractivity contribution < 1.29 is 14.3 Å². The van der Waals surface area contributed by atoms with E-state index in [1.165, 1.54) is 14.2 Å². The van der Waals surface area contributed by atoms with Gasteiger partial charge in [-0.2, -0.15) is 0 Å². The van der Waals surface area contributed by atoms with Gasteiger partial charge in [-0.15, -0.1) is 0 Å². The average Bonchev–Trinajstić information content (AvgIpc) is 2.57. The molecule has 126 valence electrons. The zero-order valence-electron chi connectivity index (χ0n) is 14.1. The number of amides is 1. The monoisotopic (exact) mass is 344 g/mol. The van der Waals surface area contributed by atoms with Crippen molar-refractivity contribution in [2.75, 3.05) is 19.5 Å². The first kappa shape index (κ1) is 17.7. The largest absolute Gasteiger partial charge is 0.496 e. The number of anilines is 1. The van der Waals surface area contributed by atoms with Crippen molar-refractivity contribution in [3.63, 3.8) is 0 Å². The number of nitrogens with one attached hydrogen (secondary N) is 2. The summed E-state index contributed by atoms with van der Waals surface area (Å²) in [5, 5.41) is 5.92. The molecule has 0 saturated heterocycles. The van der Waals surface area contributed by atoms with E-state index in [1.54, 1.807) is 18.2 Å². The van der Waals surface area contributed by atoms with Gasteiger partial charge in [-0.25, -0.2) is 0 Å². The van der Waals surface area contributed by atoms with Crippen LogP contribution in [0.4, 0.5) is 5.69 Å². The summed E-state index contributed by atoms with van der Waals surface area (Å²) in [6, 6.07) is 11.1. The topological polar surface area (TPSA) is 59.6 Å². The molecule has 0 atom stereocenters. The summed E-state index contributed by atoms with van der Waals surface area (Å²) in [6.07, 6.45) is 0. The zero-order chi connectivity index (χ0) is 17.7. The van der Waals surface area contributed by atoms with E-state index >= 15 is 0 Å². The summed E-state index contributed by atoms with van der Waals surface area (Å²) in [4.78, 5) is 12.6. The van der Waals surface area contributed by atoms with Crippen LogP contribution in [0, 0.1) is 13.8 Å². The van der Waals surface area contributed by atoms with Crippen molar-refractivity contribution in [3.8, 4) is 11.5 Å². The van der Waals surface area contributed by atoms with Crippen molar-refractivity contribution >= 4 is 28.9 Å². The van der Waals surface area contributed by atoms with Gasteiger partial charge in [0.15, 0.2) is 5.11 Å². The standard InChI is InChI=1S/C18H20N2O3S/c1-11-8-9-12(2)13(10-11)19-18(24)20-17(21)16-14(22-3)6-5-7-15(16)23-4/h5-10H,1-4H3,(H2,19,20,21,24). The number of aryl methyl sites for hydroxylation is 2. The fourth-order valence-electron chi connectivity index (χ4n) is 2.26. The van der Waals surface area contributed by atoms with Crippen LogP contribution in [-0.2, 0) is 0 Å². The molecule has 2 N–H and O–H groups in total. The zero-order valence-corrected chi connectivity index (χ0v) is 14.9. The van der Waals surface area contributed by atoms with Crippen LogP contribution in [0.3, 0.4) is 0 Å². The van der Waals surface area contributed by atoms with Gasteiger partial charge >= 0.3 is 0 Å². The van der Waals surface area contributed by atoms with E-state index in [4.69, 9.17) is 21.7 Å². The minimum Gasteiger partial charge on any atom is -0.496 e. The summed E-state index contributed by atoms with van der Waals surface area (Å²) in [6.45, 7) is 3.96. The van der Waals surface area contributed by atoms with Crippen LogP contribution < -0.4 is 20.1 Å². The van der Waals surface area contributed by atoms with E-state index in [9.17, 15) is 4.79 Å². The summed E-state index contributed by atoms with van der Waals surface area (Å²) < 4.78 is 10.5. The fourth-order valence-corrected chi connectivity index (χ4v) is 2.47. The van der Waals surface area contributed by atoms with Gasteiger partial charge in [-0.05, 0) is 55.4 Å². The molecule has 6 heteroatoms. The minimum atomic E-state index is -0.396. The molecule has 0 radical (unpaired) electrons.